The first-order valence-corrected chi connectivity index (χ1v) is 13.2. The molecular weight excluding hydrogens is 494 g/mol. The summed E-state index contributed by atoms with van der Waals surface area (Å²) in [5.41, 5.74) is 2.41. The van der Waals surface area contributed by atoms with Gasteiger partial charge in [0.25, 0.3) is 11.7 Å². The van der Waals surface area contributed by atoms with E-state index in [1.165, 1.54) is 12.0 Å². The van der Waals surface area contributed by atoms with Crippen molar-refractivity contribution in [2.75, 3.05) is 25.2 Å². The van der Waals surface area contributed by atoms with Gasteiger partial charge in [0.15, 0.2) is 0 Å². The highest BCUT2D eigenvalue weighted by Gasteiger charge is 2.47. The first-order chi connectivity index (χ1) is 18.7. The second kappa shape index (κ2) is 12.1. The van der Waals surface area contributed by atoms with Gasteiger partial charge in [-0.3, -0.25) is 14.5 Å². The van der Waals surface area contributed by atoms with Crippen LogP contribution in [0.1, 0.15) is 49.9 Å². The monoisotopic (exact) mass is 529 g/mol. The maximum absolute atomic E-state index is 13.5. The van der Waals surface area contributed by atoms with E-state index in [1.807, 2.05) is 38.1 Å². The smallest absolute Gasteiger partial charge is 0.300 e. The zero-order valence-corrected chi connectivity index (χ0v) is 23.1. The second-order valence-corrected chi connectivity index (χ2v) is 9.97. The first-order valence-electron chi connectivity index (χ1n) is 13.2. The SMILES string of the molecule is CCCOc1ccc(C2/C(=C(\O)c3ccc(OCC(C)C)c(C)c3)C(=O)C(=O)N2c2cccc(OC)c2)cc1. The van der Waals surface area contributed by atoms with E-state index >= 15 is 0 Å². The van der Waals surface area contributed by atoms with Crippen molar-refractivity contribution < 1.29 is 28.9 Å². The average Bonchev–Trinajstić information content (AvgIpc) is 3.20. The number of hydrogen-bond acceptors (Lipinski definition) is 6. The maximum Gasteiger partial charge on any atom is 0.300 e. The lowest BCUT2D eigenvalue weighted by molar-refractivity contribution is -0.132. The summed E-state index contributed by atoms with van der Waals surface area (Å²) < 4.78 is 17.0. The Morgan fingerprint density at radius 1 is 0.974 bits per heavy atom. The molecule has 0 aliphatic carbocycles. The summed E-state index contributed by atoms with van der Waals surface area (Å²) in [6.45, 7) is 9.20. The van der Waals surface area contributed by atoms with E-state index in [-0.39, 0.29) is 11.3 Å². The molecule has 0 radical (unpaired) electrons. The molecule has 7 heteroatoms. The molecule has 1 aliphatic heterocycles. The summed E-state index contributed by atoms with van der Waals surface area (Å²) in [7, 11) is 1.54. The number of ketones is 1. The third-order valence-corrected chi connectivity index (χ3v) is 6.47. The first kappa shape index (κ1) is 27.8. The molecule has 1 fully saturated rings. The van der Waals surface area contributed by atoms with Gasteiger partial charge in [0.1, 0.15) is 23.0 Å². The van der Waals surface area contributed by atoms with Gasteiger partial charge in [0.2, 0.25) is 0 Å². The van der Waals surface area contributed by atoms with Crippen LogP contribution in [0.5, 0.6) is 17.2 Å². The number of aryl methyl sites for hydroxylation is 1. The number of ether oxygens (including phenoxy) is 3. The van der Waals surface area contributed by atoms with Crippen LogP contribution in [0.2, 0.25) is 0 Å². The Kier molecular flexibility index (Phi) is 8.59. The molecule has 1 N–H and O–H groups in total. The molecule has 1 atom stereocenters. The van der Waals surface area contributed by atoms with Crippen molar-refractivity contribution in [2.24, 2.45) is 5.92 Å². The van der Waals surface area contributed by atoms with E-state index in [4.69, 9.17) is 14.2 Å². The molecule has 39 heavy (non-hydrogen) atoms. The molecule has 3 aromatic carbocycles. The quantitative estimate of drug-likeness (QED) is 0.184. The summed E-state index contributed by atoms with van der Waals surface area (Å²) in [5, 5.41) is 11.5. The number of benzene rings is 3. The molecule has 1 unspecified atom stereocenters. The molecule has 0 saturated carbocycles. The Hall–Kier alpha value is -4.26. The van der Waals surface area contributed by atoms with Gasteiger partial charge in [-0.2, -0.15) is 0 Å². The van der Waals surface area contributed by atoms with E-state index in [0.717, 1.165) is 12.0 Å². The standard InChI is InChI=1S/C32H35NO6/c1-6-16-38-25-13-10-22(11-14-25)29-28(30(34)23-12-15-27(21(4)17-23)39-19-20(2)3)31(35)32(36)33(29)24-8-7-9-26(18-24)37-5/h7-15,17-18,20,29,34H,6,16,19H2,1-5H3/b30-28+. The molecule has 1 heterocycles. The lowest BCUT2D eigenvalue weighted by Gasteiger charge is -2.26. The molecule has 0 aromatic heterocycles. The highest BCUT2D eigenvalue weighted by atomic mass is 16.5. The van der Waals surface area contributed by atoms with Crippen molar-refractivity contribution >= 4 is 23.1 Å². The molecular formula is C32H35NO6. The summed E-state index contributed by atoms with van der Waals surface area (Å²) in [5.74, 6) is 0.573. The largest absolute Gasteiger partial charge is 0.507 e. The fourth-order valence-electron chi connectivity index (χ4n) is 4.51. The lowest BCUT2D eigenvalue weighted by Crippen LogP contribution is -2.29. The summed E-state index contributed by atoms with van der Waals surface area (Å²) in [6, 6.07) is 18.6. The minimum absolute atomic E-state index is 0.0142. The van der Waals surface area contributed by atoms with Crippen LogP contribution in [-0.4, -0.2) is 37.1 Å². The topological polar surface area (TPSA) is 85.3 Å². The van der Waals surface area contributed by atoms with Gasteiger partial charge in [-0.25, -0.2) is 0 Å². The van der Waals surface area contributed by atoms with E-state index < -0.39 is 17.7 Å². The molecule has 0 spiro atoms. The fraction of sp³-hybridized carbons (Fsp3) is 0.312. The number of rotatable bonds is 10. The van der Waals surface area contributed by atoms with Gasteiger partial charge < -0.3 is 19.3 Å². The number of methoxy groups -OCH3 is 1. The highest BCUT2D eigenvalue weighted by Crippen LogP contribution is 2.43. The Morgan fingerprint density at radius 2 is 1.72 bits per heavy atom. The zero-order chi connectivity index (χ0) is 28.1. The van der Waals surface area contributed by atoms with Crippen LogP contribution < -0.4 is 19.1 Å². The predicted molar refractivity (Wildman–Crippen MR) is 152 cm³/mol. The molecule has 7 nitrogen and oxygen atoms in total. The van der Waals surface area contributed by atoms with Crippen molar-refractivity contribution in [3.63, 3.8) is 0 Å². The van der Waals surface area contributed by atoms with Crippen molar-refractivity contribution in [2.45, 2.75) is 40.2 Å². The van der Waals surface area contributed by atoms with E-state index in [0.29, 0.717) is 53.2 Å². The van der Waals surface area contributed by atoms with Crippen molar-refractivity contribution in [3.8, 4) is 17.2 Å². The maximum atomic E-state index is 13.5. The number of anilines is 1. The molecule has 4 rings (SSSR count). The van der Waals surface area contributed by atoms with Crippen molar-refractivity contribution in [3.05, 3.63) is 89.0 Å². The molecule has 1 aliphatic rings. The molecule has 1 saturated heterocycles. The van der Waals surface area contributed by atoms with Crippen LogP contribution in [0.25, 0.3) is 5.76 Å². The number of Topliss-reactive ketones (excluding diaryl/α,β-unsaturated/α-hetero) is 1. The van der Waals surface area contributed by atoms with Gasteiger partial charge >= 0.3 is 0 Å². The predicted octanol–water partition coefficient (Wildman–Crippen LogP) is 6.45. The Bertz CT molecular complexity index is 1380. The van der Waals surface area contributed by atoms with Gasteiger partial charge in [-0.15, -0.1) is 0 Å². The summed E-state index contributed by atoms with van der Waals surface area (Å²) in [4.78, 5) is 28.4. The zero-order valence-electron chi connectivity index (χ0n) is 23.1. The number of aliphatic hydroxyl groups is 1. The van der Waals surface area contributed by atoms with Crippen LogP contribution in [-0.2, 0) is 9.59 Å². The normalized spacial score (nSPS) is 16.6. The molecule has 204 valence electrons. The van der Waals surface area contributed by atoms with Gasteiger partial charge in [-0.1, -0.05) is 39.0 Å². The number of carbonyl (C=O) groups excluding carboxylic acids is 2. The number of nitrogens with zero attached hydrogens (tertiary/aromatic N) is 1. The second-order valence-electron chi connectivity index (χ2n) is 9.97. The van der Waals surface area contributed by atoms with E-state index in [2.05, 4.69) is 13.8 Å². The number of amides is 1. The van der Waals surface area contributed by atoms with E-state index in [9.17, 15) is 14.7 Å². The van der Waals surface area contributed by atoms with Crippen molar-refractivity contribution in [1.29, 1.82) is 0 Å². The Balaban J connectivity index is 1.83. The van der Waals surface area contributed by atoms with Gasteiger partial charge in [-0.05, 0) is 72.9 Å². The molecule has 3 aromatic rings. The number of aliphatic hydroxyl groups excluding tert-OH is 1. The summed E-state index contributed by atoms with van der Waals surface area (Å²) >= 11 is 0. The van der Waals surface area contributed by atoms with Crippen LogP contribution in [0, 0.1) is 12.8 Å². The minimum atomic E-state index is -0.852. The molecule has 1 amide bonds. The summed E-state index contributed by atoms with van der Waals surface area (Å²) in [6.07, 6.45) is 0.873. The van der Waals surface area contributed by atoms with Gasteiger partial charge in [0, 0.05) is 17.3 Å². The Morgan fingerprint density at radius 3 is 2.36 bits per heavy atom. The van der Waals surface area contributed by atoms with E-state index in [1.54, 1.807) is 42.5 Å². The van der Waals surface area contributed by atoms with Crippen LogP contribution in [0.3, 0.4) is 0 Å². The van der Waals surface area contributed by atoms with Gasteiger partial charge in [0.05, 0.1) is 31.9 Å². The van der Waals surface area contributed by atoms with Crippen LogP contribution in [0.4, 0.5) is 5.69 Å². The number of carbonyl (C=O) groups is 2. The minimum Gasteiger partial charge on any atom is -0.507 e. The molecule has 0 bridgehead atoms. The van der Waals surface area contributed by atoms with Crippen molar-refractivity contribution in [1.82, 2.24) is 0 Å². The lowest BCUT2D eigenvalue weighted by atomic mass is 9.94. The Labute approximate surface area is 229 Å². The number of hydrogen-bond donors (Lipinski definition) is 1. The van der Waals surface area contributed by atoms with Crippen LogP contribution >= 0.6 is 0 Å². The fourth-order valence-corrected chi connectivity index (χ4v) is 4.51. The third-order valence-electron chi connectivity index (χ3n) is 6.47. The highest BCUT2D eigenvalue weighted by molar-refractivity contribution is 6.51. The average molecular weight is 530 g/mol. The van der Waals surface area contributed by atoms with Crippen LogP contribution in [0.15, 0.2) is 72.3 Å². The third kappa shape index (κ3) is 5.93.